The number of amides is 2. The lowest BCUT2D eigenvalue weighted by atomic mass is 10.1. The van der Waals surface area contributed by atoms with Gasteiger partial charge in [0.05, 0.1) is 11.4 Å². The minimum absolute atomic E-state index is 0.0404. The van der Waals surface area contributed by atoms with Crippen LogP contribution in [0.25, 0.3) is 22.3 Å². The van der Waals surface area contributed by atoms with Crippen LogP contribution in [-0.4, -0.2) is 61.3 Å². The highest BCUT2D eigenvalue weighted by Crippen LogP contribution is 2.36. The Morgan fingerprint density at radius 1 is 1.07 bits per heavy atom. The number of unbranched alkanes of at least 4 members (excludes halogenated alkanes) is 1. The number of nitrogens with one attached hydrogen (secondary N) is 1. The normalized spacial score (nSPS) is 15.1. The van der Waals surface area contributed by atoms with Gasteiger partial charge < -0.3 is 20.1 Å². The molecule has 0 aliphatic carbocycles. The van der Waals surface area contributed by atoms with Crippen molar-refractivity contribution in [2.45, 2.75) is 38.1 Å². The lowest BCUT2D eigenvalue weighted by Gasteiger charge is -2.32. The van der Waals surface area contributed by atoms with E-state index >= 15 is 0 Å². The van der Waals surface area contributed by atoms with Crippen molar-refractivity contribution in [2.75, 3.05) is 25.0 Å². The molecule has 4 aromatic rings. The Morgan fingerprint density at radius 2 is 1.85 bits per heavy atom. The van der Waals surface area contributed by atoms with Gasteiger partial charge >= 0.3 is 0 Å². The van der Waals surface area contributed by atoms with Crippen LogP contribution in [0.4, 0.5) is 5.82 Å². The summed E-state index contributed by atoms with van der Waals surface area (Å²) in [6.07, 6.45) is 5.79. The van der Waals surface area contributed by atoms with Crippen LogP contribution < -0.4 is 10.1 Å². The van der Waals surface area contributed by atoms with Crippen molar-refractivity contribution in [2.24, 2.45) is 0 Å². The molecule has 1 atom stereocenters. The Labute approximate surface area is 232 Å². The highest BCUT2D eigenvalue weighted by atomic mass is 16.5. The fourth-order valence-electron chi connectivity index (χ4n) is 4.91. The van der Waals surface area contributed by atoms with Gasteiger partial charge in [0.25, 0.3) is 0 Å². The summed E-state index contributed by atoms with van der Waals surface area (Å²) in [5.74, 6) is 1.48. The average Bonchev–Trinajstić information content (AvgIpc) is 3.39. The smallest absolute Gasteiger partial charge is 0.246 e. The zero-order chi connectivity index (χ0) is 27.9. The standard InChI is InChI=1S/C30H32N6O4/c1-2-26(39)35-17-8-9-22(19-35)36-30-27(29(31-20-32-30)33-25(38)12-6-7-18-37)28(34-36)21-13-15-24(16-14-21)40-23-10-4-3-5-11-23/h2-5,10-11,13-16,20,22,37H,1,6-9,12,17-19H2,(H,31,32,33,38)/t22-/m1/s1. The first-order valence-electron chi connectivity index (χ1n) is 13.5. The third-order valence-corrected chi connectivity index (χ3v) is 6.89. The van der Waals surface area contributed by atoms with E-state index in [0.717, 1.165) is 24.2 Å². The Balaban J connectivity index is 1.52. The zero-order valence-corrected chi connectivity index (χ0v) is 22.2. The molecule has 0 bridgehead atoms. The molecule has 0 radical (unpaired) electrons. The van der Waals surface area contributed by atoms with Crippen molar-refractivity contribution in [1.29, 1.82) is 0 Å². The number of ether oxygens (including phenoxy) is 1. The summed E-state index contributed by atoms with van der Waals surface area (Å²) in [7, 11) is 0. The fourth-order valence-corrected chi connectivity index (χ4v) is 4.91. The van der Waals surface area contributed by atoms with Gasteiger partial charge in [-0.1, -0.05) is 24.8 Å². The largest absolute Gasteiger partial charge is 0.457 e. The minimum Gasteiger partial charge on any atom is -0.457 e. The monoisotopic (exact) mass is 540 g/mol. The summed E-state index contributed by atoms with van der Waals surface area (Å²) in [5, 5.41) is 17.6. The molecular weight excluding hydrogens is 508 g/mol. The number of carbonyl (C=O) groups excluding carboxylic acids is 2. The molecule has 40 heavy (non-hydrogen) atoms. The first-order valence-corrected chi connectivity index (χ1v) is 13.5. The van der Waals surface area contributed by atoms with Crippen LogP contribution in [0.15, 0.2) is 73.6 Å². The van der Waals surface area contributed by atoms with E-state index in [2.05, 4.69) is 21.9 Å². The summed E-state index contributed by atoms with van der Waals surface area (Å²) < 4.78 is 7.81. The van der Waals surface area contributed by atoms with Gasteiger partial charge in [-0.15, -0.1) is 0 Å². The number of aliphatic hydroxyl groups is 1. The molecule has 10 nitrogen and oxygen atoms in total. The van der Waals surface area contributed by atoms with Crippen LogP contribution in [0.1, 0.15) is 38.1 Å². The molecule has 0 unspecified atom stereocenters. The van der Waals surface area contributed by atoms with Gasteiger partial charge in [0, 0.05) is 31.7 Å². The van der Waals surface area contributed by atoms with Crippen LogP contribution in [0.2, 0.25) is 0 Å². The molecule has 0 saturated carbocycles. The molecule has 2 N–H and O–H groups in total. The predicted octanol–water partition coefficient (Wildman–Crippen LogP) is 4.74. The fraction of sp³-hybridized carbons (Fsp3) is 0.300. The Bertz CT molecular complexity index is 1490. The average molecular weight is 541 g/mol. The number of hydrogen-bond donors (Lipinski definition) is 2. The Kier molecular flexibility index (Phi) is 8.46. The van der Waals surface area contributed by atoms with Crippen LogP contribution in [0.5, 0.6) is 11.5 Å². The number of anilines is 1. The van der Waals surface area contributed by atoms with Gasteiger partial charge in [-0.3, -0.25) is 9.59 Å². The number of fused-ring (bicyclic) bond motifs is 1. The summed E-state index contributed by atoms with van der Waals surface area (Å²) in [6, 6.07) is 17.0. The van der Waals surface area contributed by atoms with Crippen molar-refractivity contribution in [1.82, 2.24) is 24.6 Å². The second-order valence-corrected chi connectivity index (χ2v) is 9.67. The molecule has 2 aromatic heterocycles. The molecule has 1 aliphatic heterocycles. The minimum atomic E-state index is -0.195. The molecule has 10 heteroatoms. The van der Waals surface area contributed by atoms with Crippen molar-refractivity contribution < 1.29 is 19.4 Å². The van der Waals surface area contributed by atoms with Crippen molar-refractivity contribution in [3.05, 3.63) is 73.6 Å². The number of piperidine rings is 1. The number of aliphatic hydroxyl groups excluding tert-OH is 1. The third kappa shape index (κ3) is 6.02. The SMILES string of the molecule is C=CC(=O)N1CCC[C@@H](n2nc(-c3ccc(Oc4ccccc4)cc3)c3c(NC(=O)CCCCO)ncnc32)C1. The maximum atomic E-state index is 12.7. The molecule has 1 fully saturated rings. The summed E-state index contributed by atoms with van der Waals surface area (Å²) in [6.45, 7) is 4.82. The molecule has 206 valence electrons. The maximum Gasteiger partial charge on any atom is 0.246 e. The zero-order valence-electron chi connectivity index (χ0n) is 22.2. The van der Waals surface area contributed by atoms with E-state index in [1.165, 1.54) is 12.4 Å². The number of nitrogens with zero attached hydrogens (tertiary/aromatic N) is 5. The van der Waals surface area contributed by atoms with E-state index in [1.54, 1.807) is 4.90 Å². The quantitative estimate of drug-likeness (QED) is 0.220. The van der Waals surface area contributed by atoms with E-state index in [9.17, 15) is 9.59 Å². The number of likely N-dealkylation sites (tertiary alicyclic amines) is 1. The molecular formula is C30H32N6O4. The Morgan fingerprint density at radius 3 is 2.60 bits per heavy atom. The van der Waals surface area contributed by atoms with Crippen molar-refractivity contribution in [3.8, 4) is 22.8 Å². The number of benzene rings is 2. The van der Waals surface area contributed by atoms with Gasteiger partial charge in [0.15, 0.2) is 5.65 Å². The van der Waals surface area contributed by atoms with Crippen LogP contribution in [-0.2, 0) is 9.59 Å². The highest BCUT2D eigenvalue weighted by molar-refractivity contribution is 6.04. The number of hydrogen-bond acceptors (Lipinski definition) is 7. The lowest BCUT2D eigenvalue weighted by Crippen LogP contribution is -2.40. The van der Waals surface area contributed by atoms with Gasteiger partial charge in [-0.2, -0.15) is 5.10 Å². The first kappa shape index (κ1) is 27.0. The molecule has 2 aromatic carbocycles. The van der Waals surface area contributed by atoms with E-state index in [0.29, 0.717) is 54.2 Å². The first-order chi connectivity index (χ1) is 19.6. The molecule has 0 spiro atoms. The van der Waals surface area contributed by atoms with E-state index < -0.39 is 0 Å². The Hall–Kier alpha value is -4.57. The topological polar surface area (TPSA) is 122 Å². The van der Waals surface area contributed by atoms with Gasteiger partial charge in [-0.05, 0) is 68.2 Å². The third-order valence-electron chi connectivity index (χ3n) is 6.89. The lowest BCUT2D eigenvalue weighted by molar-refractivity contribution is -0.127. The van der Waals surface area contributed by atoms with Crippen molar-refractivity contribution in [3.63, 3.8) is 0 Å². The number of rotatable bonds is 10. The summed E-state index contributed by atoms with van der Waals surface area (Å²) >= 11 is 0. The van der Waals surface area contributed by atoms with E-state index in [4.69, 9.17) is 14.9 Å². The summed E-state index contributed by atoms with van der Waals surface area (Å²) in [5.41, 5.74) is 2.02. The number of aromatic nitrogens is 4. The summed E-state index contributed by atoms with van der Waals surface area (Å²) in [4.78, 5) is 35.8. The van der Waals surface area contributed by atoms with Gasteiger partial charge in [0.2, 0.25) is 11.8 Å². The van der Waals surface area contributed by atoms with Crippen LogP contribution >= 0.6 is 0 Å². The van der Waals surface area contributed by atoms with E-state index in [-0.39, 0.29) is 30.9 Å². The number of para-hydroxylation sites is 1. The predicted molar refractivity (Wildman–Crippen MR) is 152 cm³/mol. The molecule has 5 rings (SSSR count). The van der Waals surface area contributed by atoms with Crippen molar-refractivity contribution >= 4 is 28.7 Å². The van der Waals surface area contributed by atoms with E-state index in [1.807, 2.05) is 59.3 Å². The van der Waals surface area contributed by atoms with Crippen LogP contribution in [0, 0.1) is 0 Å². The van der Waals surface area contributed by atoms with Gasteiger partial charge in [0.1, 0.15) is 29.3 Å². The molecule has 1 saturated heterocycles. The maximum absolute atomic E-state index is 12.7. The second kappa shape index (κ2) is 12.5. The molecule has 1 aliphatic rings. The van der Waals surface area contributed by atoms with Crippen LogP contribution in [0.3, 0.4) is 0 Å². The van der Waals surface area contributed by atoms with Gasteiger partial charge in [-0.25, -0.2) is 14.6 Å². The highest BCUT2D eigenvalue weighted by Gasteiger charge is 2.28. The molecule has 3 heterocycles. The second-order valence-electron chi connectivity index (χ2n) is 9.67. The number of carbonyl (C=O) groups is 2. The molecule has 2 amide bonds.